The molecule has 0 saturated carbocycles. The van der Waals surface area contributed by atoms with E-state index in [0.717, 1.165) is 29.8 Å². The lowest BCUT2D eigenvalue weighted by Gasteiger charge is -2.27. The van der Waals surface area contributed by atoms with E-state index in [2.05, 4.69) is 15.5 Å². The van der Waals surface area contributed by atoms with Crippen LogP contribution in [0.5, 0.6) is 0 Å². The summed E-state index contributed by atoms with van der Waals surface area (Å²) >= 11 is 0. The third-order valence-electron chi connectivity index (χ3n) is 3.00. The van der Waals surface area contributed by atoms with E-state index >= 15 is 0 Å². The molecule has 0 amide bonds. The van der Waals surface area contributed by atoms with Crippen molar-refractivity contribution in [1.29, 1.82) is 0 Å². The van der Waals surface area contributed by atoms with E-state index < -0.39 is 0 Å². The lowest BCUT2D eigenvalue weighted by molar-refractivity contribution is 0.384. The summed E-state index contributed by atoms with van der Waals surface area (Å²) in [6, 6.07) is 6.86. The molecule has 4 heteroatoms. The van der Waals surface area contributed by atoms with Crippen LogP contribution in [-0.4, -0.2) is 16.7 Å². The standard InChI is InChI=1S/C12H12FN3/c13-9-3-1-8(2-4-9)12-10(7-15-16-12)11-5-6-14-11/h1-4,7,11,14H,5-6H2,(H,15,16). The molecule has 0 aliphatic carbocycles. The van der Waals surface area contributed by atoms with Gasteiger partial charge in [0.15, 0.2) is 0 Å². The Bertz CT molecular complexity index is 485. The number of halogens is 1. The van der Waals surface area contributed by atoms with Crippen LogP contribution in [0, 0.1) is 5.82 Å². The molecule has 0 bridgehead atoms. The molecule has 1 unspecified atom stereocenters. The highest BCUT2D eigenvalue weighted by molar-refractivity contribution is 5.63. The van der Waals surface area contributed by atoms with E-state index in [-0.39, 0.29) is 5.82 Å². The van der Waals surface area contributed by atoms with Gasteiger partial charge in [0, 0.05) is 17.2 Å². The Balaban J connectivity index is 1.99. The average molecular weight is 217 g/mol. The number of rotatable bonds is 2. The first-order chi connectivity index (χ1) is 7.84. The van der Waals surface area contributed by atoms with Crippen LogP contribution in [0.3, 0.4) is 0 Å². The van der Waals surface area contributed by atoms with Gasteiger partial charge in [0.1, 0.15) is 5.82 Å². The first-order valence-corrected chi connectivity index (χ1v) is 5.37. The fourth-order valence-electron chi connectivity index (χ4n) is 1.96. The summed E-state index contributed by atoms with van der Waals surface area (Å²) in [5.74, 6) is -0.216. The van der Waals surface area contributed by atoms with Crippen molar-refractivity contribution in [2.75, 3.05) is 6.54 Å². The molecule has 16 heavy (non-hydrogen) atoms. The Morgan fingerprint density at radius 1 is 1.25 bits per heavy atom. The van der Waals surface area contributed by atoms with Crippen molar-refractivity contribution in [2.24, 2.45) is 0 Å². The van der Waals surface area contributed by atoms with Crippen LogP contribution < -0.4 is 5.32 Å². The molecule has 0 radical (unpaired) electrons. The van der Waals surface area contributed by atoms with Crippen LogP contribution in [0.2, 0.25) is 0 Å². The first kappa shape index (κ1) is 9.54. The molecule has 2 heterocycles. The zero-order valence-corrected chi connectivity index (χ0v) is 8.70. The third-order valence-corrected chi connectivity index (χ3v) is 3.00. The number of nitrogens with one attached hydrogen (secondary N) is 2. The van der Waals surface area contributed by atoms with Gasteiger partial charge in [-0.1, -0.05) is 0 Å². The summed E-state index contributed by atoms with van der Waals surface area (Å²) < 4.78 is 12.8. The van der Waals surface area contributed by atoms with Crippen molar-refractivity contribution in [3.63, 3.8) is 0 Å². The normalized spacial score (nSPS) is 19.4. The molecule has 1 saturated heterocycles. The second-order valence-electron chi connectivity index (χ2n) is 4.00. The zero-order chi connectivity index (χ0) is 11.0. The lowest BCUT2D eigenvalue weighted by Crippen LogP contribution is -2.34. The van der Waals surface area contributed by atoms with Gasteiger partial charge in [0.25, 0.3) is 0 Å². The molecule has 3 rings (SSSR count). The van der Waals surface area contributed by atoms with Gasteiger partial charge in [-0.2, -0.15) is 5.10 Å². The van der Waals surface area contributed by atoms with Gasteiger partial charge in [-0.05, 0) is 37.2 Å². The maximum atomic E-state index is 12.8. The quantitative estimate of drug-likeness (QED) is 0.810. The molecule has 0 spiro atoms. The van der Waals surface area contributed by atoms with Gasteiger partial charge in [-0.25, -0.2) is 4.39 Å². The molecule has 2 N–H and O–H groups in total. The van der Waals surface area contributed by atoms with Crippen LogP contribution in [0.25, 0.3) is 11.3 Å². The Morgan fingerprint density at radius 2 is 2.00 bits per heavy atom. The summed E-state index contributed by atoms with van der Waals surface area (Å²) in [4.78, 5) is 0. The summed E-state index contributed by atoms with van der Waals surface area (Å²) in [5.41, 5.74) is 3.12. The van der Waals surface area contributed by atoms with Crippen molar-refractivity contribution < 1.29 is 4.39 Å². The Kier molecular flexibility index (Phi) is 2.22. The van der Waals surface area contributed by atoms with Gasteiger partial charge in [-0.3, -0.25) is 5.10 Å². The minimum absolute atomic E-state index is 0.216. The second kappa shape index (κ2) is 3.72. The Hall–Kier alpha value is -1.68. The molecule has 1 atom stereocenters. The van der Waals surface area contributed by atoms with E-state index in [9.17, 15) is 4.39 Å². The minimum atomic E-state index is -0.216. The monoisotopic (exact) mass is 217 g/mol. The number of hydrogen-bond donors (Lipinski definition) is 2. The largest absolute Gasteiger partial charge is 0.310 e. The Labute approximate surface area is 92.7 Å². The Morgan fingerprint density at radius 3 is 2.62 bits per heavy atom. The smallest absolute Gasteiger partial charge is 0.123 e. The van der Waals surface area contributed by atoms with Crippen LogP contribution in [-0.2, 0) is 0 Å². The highest BCUT2D eigenvalue weighted by Gasteiger charge is 2.23. The van der Waals surface area contributed by atoms with E-state index in [1.165, 1.54) is 12.1 Å². The van der Waals surface area contributed by atoms with E-state index in [4.69, 9.17) is 0 Å². The topological polar surface area (TPSA) is 40.7 Å². The number of nitrogens with zero attached hydrogens (tertiary/aromatic N) is 1. The summed E-state index contributed by atoms with van der Waals surface area (Å²) in [6.07, 6.45) is 2.98. The number of hydrogen-bond acceptors (Lipinski definition) is 2. The zero-order valence-electron chi connectivity index (χ0n) is 8.70. The van der Waals surface area contributed by atoms with E-state index in [1.807, 2.05) is 6.20 Å². The molecule has 82 valence electrons. The lowest BCUT2D eigenvalue weighted by atomic mass is 9.96. The average Bonchev–Trinajstić information content (AvgIpc) is 2.65. The highest BCUT2D eigenvalue weighted by atomic mass is 19.1. The third kappa shape index (κ3) is 1.51. The molecule has 2 aromatic rings. The summed E-state index contributed by atoms with van der Waals surface area (Å²) in [7, 11) is 0. The molecular formula is C12H12FN3. The summed E-state index contributed by atoms with van der Waals surface area (Å²) in [5, 5.41) is 10.4. The number of aromatic amines is 1. The summed E-state index contributed by atoms with van der Waals surface area (Å²) in [6.45, 7) is 1.05. The predicted octanol–water partition coefficient (Wildman–Crippen LogP) is 2.25. The molecule has 1 fully saturated rings. The van der Waals surface area contributed by atoms with Crippen LogP contribution >= 0.6 is 0 Å². The van der Waals surface area contributed by atoms with Crippen LogP contribution in [0.1, 0.15) is 18.0 Å². The van der Waals surface area contributed by atoms with Gasteiger partial charge >= 0.3 is 0 Å². The van der Waals surface area contributed by atoms with Crippen molar-refractivity contribution >= 4 is 0 Å². The molecule has 3 nitrogen and oxygen atoms in total. The molecule has 1 aliphatic rings. The van der Waals surface area contributed by atoms with Crippen LogP contribution in [0.15, 0.2) is 30.5 Å². The minimum Gasteiger partial charge on any atom is -0.310 e. The fraction of sp³-hybridized carbons (Fsp3) is 0.250. The van der Waals surface area contributed by atoms with Gasteiger partial charge in [0.05, 0.1) is 11.9 Å². The first-order valence-electron chi connectivity index (χ1n) is 5.37. The van der Waals surface area contributed by atoms with Crippen molar-refractivity contribution in [1.82, 2.24) is 15.5 Å². The van der Waals surface area contributed by atoms with Crippen molar-refractivity contribution in [2.45, 2.75) is 12.5 Å². The van der Waals surface area contributed by atoms with E-state index in [1.54, 1.807) is 12.1 Å². The SMILES string of the molecule is Fc1ccc(-c2[nH]ncc2C2CCN2)cc1. The van der Waals surface area contributed by atoms with Gasteiger partial charge in [0.2, 0.25) is 0 Å². The maximum absolute atomic E-state index is 12.8. The molecule has 1 aliphatic heterocycles. The maximum Gasteiger partial charge on any atom is 0.123 e. The molecule has 1 aromatic heterocycles. The molecule has 1 aromatic carbocycles. The number of aromatic nitrogens is 2. The molecular weight excluding hydrogens is 205 g/mol. The van der Waals surface area contributed by atoms with Gasteiger partial charge in [-0.15, -0.1) is 0 Å². The van der Waals surface area contributed by atoms with Crippen molar-refractivity contribution in [3.8, 4) is 11.3 Å². The van der Waals surface area contributed by atoms with E-state index in [0.29, 0.717) is 6.04 Å². The predicted molar refractivity (Wildman–Crippen MR) is 59.3 cm³/mol. The fourth-order valence-corrected chi connectivity index (χ4v) is 1.96. The van der Waals surface area contributed by atoms with Crippen molar-refractivity contribution in [3.05, 3.63) is 41.8 Å². The highest BCUT2D eigenvalue weighted by Crippen LogP contribution is 2.30. The number of benzene rings is 1. The second-order valence-corrected chi connectivity index (χ2v) is 4.00. The number of H-pyrrole nitrogens is 1. The van der Waals surface area contributed by atoms with Gasteiger partial charge < -0.3 is 5.32 Å². The van der Waals surface area contributed by atoms with Crippen LogP contribution in [0.4, 0.5) is 4.39 Å².